The smallest absolute Gasteiger partial charge is 0.310 e. The highest BCUT2D eigenvalue weighted by Gasteiger charge is 2.46. The van der Waals surface area contributed by atoms with Crippen LogP contribution in [0.2, 0.25) is 0 Å². The van der Waals surface area contributed by atoms with Crippen LogP contribution in [0.15, 0.2) is 29.5 Å². The molecule has 146 valence electrons. The van der Waals surface area contributed by atoms with Gasteiger partial charge in [-0.2, -0.15) is 0 Å². The number of amides is 1. The monoisotopic (exact) mass is 375 g/mol. The molecule has 2 heterocycles. The van der Waals surface area contributed by atoms with Crippen LogP contribution in [-0.2, 0) is 14.3 Å². The van der Waals surface area contributed by atoms with Gasteiger partial charge in [0.15, 0.2) is 11.5 Å². The van der Waals surface area contributed by atoms with E-state index in [-0.39, 0.29) is 30.5 Å². The highest BCUT2D eigenvalue weighted by atomic mass is 16.5. The Morgan fingerprint density at radius 1 is 1.19 bits per heavy atom. The molecule has 3 rings (SSSR count). The fourth-order valence-corrected chi connectivity index (χ4v) is 3.72. The normalized spacial score (nSPS) is 24.4. The first-order valence-electron chi connectivity index (χ1n) is 8.76. The van der Waals surface area contributed by atoms with Gasteiger partial charge >= 0.3 is 5.97 Å². The number of esters is 1. The van der Waals surface area contributed by atoms with Crippen LogP contribution >= 0.6 is 0 Å². The Balaban J connectivity index is 1.93. The summed E-state index contributed by atoms with van der Waals surface area (Å²) in [6.45, 7) is 3.83. The van der Waals surface area contributed by atoms with Crippen LogP contribution in [0.5, 0.6) is 11.5 Å². The van der Waals surface area contributed by atoms with E-state index in [2.05, 4.69) is 10.7 Å². The number of hydrazine groups is 1. The molecule has 1 saturated heterocycles. The average Bonchev–Trinajstić information content (AvgIpc) is 3.00. The van der Waals surface area contributed by atoms with E-state index in [0.29, 0.717) is 22.8 Å². The summed E-state index contributed by atoms with van der Waals surface area (Å²) >= 11 is 0. The van der Waals surface area contributed by atoms with Gasteiger partial charge in [-0.3, -0.25) is 14.6 Å². The molecule has 1 fully saturated rings. The van der Waals surface area contributed by atoms with E-state index in [1.54, 1.807) is 19.2 Å². The number of benzene rings is 1. The summed E-state index contributed by atoms with van der Waals surface area (Å²) in [5.41, 5.74) is 5.34. The van der Waals surface area contributed by atoms with Crippen LogP contribution < -0.4 is 20.2 Å². The second kappa shape index (κ2) is 7.48. The number of ether oxygens (including phenoxy) is 3. The highest BCUT2D eigenvalue weighted by molar-refractivity contribution is 5.99. The molecule has 3 atom stereocenters. The average molecular weight is 375 g/mol. The van der Waals surface area contributed by atoms with Gasteiger partial charge < -0.3 is 19.5 Å². The molecule has 1 amide bonds. The maximum absolute atomic E-state index is 12.9. The Morgan fingerprint density at radius 2 is 1.89 bits per heavy atom. The van der Waals surface area contributed by atoms with Crippen molar-refractivity contribution >= 4 is 11.9 Å². The third-order valence-corrected chi connectivity index (χ3v) is 5.14. The zero-order valence-corrected chi connectivity index (χ0v) is 16.2. The van der Waals surface area contributed by atoms with Gasteiger partial charge in [0.2, 0.25) is 0 Å². The number of carbonyl (C=O) groups is 2. The van der Waals surface area contributed by atoms with Gasteiger partial charge in [0.05, 0.1) is 27.8 Å². The lowest BCUT2D eigenvalue weighted by Crippen LogP contribution is -2.54. The van der Waals surface area contributed by atoms with Crippen molar-refractivity contribution in [2.75, 3.05) is 21.3 Å². The van der Waals surface area contributed by atoms with Crippen molar-refractivity contribution in [2.24, 2.45) is 0 Å². The van der Waals surface area contributed by atoms with Crippen LogP contribution in [0.3, 0.4) is 0 Å². The molecule has 27 heavy (non-hydrogen) atoms. The van der Waals surface area contributed by atoms with Gasteiger partial charge in [-0.1, -0.05) is 6.07 Å². The fraction of sp³-hybridized carbons (Fsp3) is 0.474. The minimum absolute atomic E-state index is 0.00479. The lowest BCUT2D eigenvalue weighted by molar-refractivity contribution is -0.142. The SMILES string of the molecule is COC(=O)CC1=C(C)NC2C(c3ccc(OC)c(OC)c3)C(C)NN2C1=O. The van der Waals surface area contributed by atoms with Crippen LogP contribution in [0.25, 0.3) is 0 Å². The molecular formula is C19H25N3O5. The number of hydrogen-bond acceptors (Lipinski definition) is 7. The molecule has 3 unspecified atom stereocenters. The third kappa shape index (κ3) is 3.32. The molecule has 2 aliphatic heterocycles. The standard InChI is InChI=1S/C19H25N3O5/c1-10-13(9-16(23)27-5)19(24)22-18(20-10)17(11(2)21-22)12-6-7-14(25-3)15(8-12)26-4/h6-8,11,17-18,20-21H,9H2,1-5H3. The molecule has 1 aromatic rings. The van der Waals surface area contributed by atoms with Crippen molar-refractivity contribution in [2.45, 2.75) is 38.4 Å². The van der Waals surface area contributed by atoms with Gasteiger partial charge in [-0.15, -0.1) is 0 Å². The lowest BCUT2D eigenvalue weighted by atomic mass is 9.89. The Morgan fingerprint density at radius 3 is 2.52 bits per heavy atom. The second-order valence-electron chi connectivity index (χ2n) is 6.68. The number of rotatable bonds is 5. The first kappa shape index (κ1) is 19.0. The van der Waals surface area contributed by atoms with Crippen molar-refractivity contribution < 1.29 is 23.8 Å². The molecule has 2 N–H and O–H groups in total. The minimum Gasteiger partial charge on any atom is -0.493 e. The Hall–Kier alpha value is -2.74. The zero-order valence-electron chi connectivity index (χ0n) is 16.2. The van der Waals surface area contributed by atoms with Gasteiger partial charge in [0.25, 0.3) is 5.91 Å². The summed E-state index contributed by atoms with van der Waals surface area (Å²) in [7, 11) is 4.50. The van der Waals surface area contributed by atoms with E-state index < -0.39 is 5.97 Å². The number of nitrogens with zero attached hydrogens (tertiary/aromatic N) is 1. The quantitative estimate of drug-likeness (QED) is 0.750. The van der Waals surface area contributed by atoms with Gasteiger partial charge in [-0.25, -0.2) is 5.43 Å². The molecule has 8 nitrogen and oxygen atoms in total. The van der Waals surface area contributed by atoms with E-state index in [1.165, 1.54) is 7.11 Å². The fourth-order valence-electron chi connectivity index (χ4n) is 3.72. The topological polar surface area (TPSA) is 89.1 Å². The van der Waals surface area contributed by atoms with Crippen molar-refractivity contribution in [3.8, 4) is 11.5 Å². The first-order valence-corrected chi connectivity index (χ1v) is 8.76. The van der Waals surface area contributed by atoms with E-state index >= 15 is 0 Å². The second-order valence-corrected chi connectivity index (χ2v) is 6.68. The predicted molar refractivity (Wildman–Crippen MR) is 98.0 cm³/mol. The molecule has 2 aliphatic rings. The number of nitrogens with one attached hydrogen (secondary N) is 2. The Kier molecular flexibility index (Phi) is 5.27. The van der Waals surface area contributed by atoms with E-state index in [1.807, 2.05) is 32.0 Å². The van der Waals surface area contributed by atoms with Crippen molar-refractivity contribution in [3.63, 3.8) is 0 Å². The van der Waals surface area contributed by atoms with Gasteiger partial charge in [-0.05, 0) is 31.5 Å². The molecule has 8 heteroatoms. The van der Waals surface area contributed by atoms with Gasteiger partial charge in [0, 0.05) is 23.2 Å². The molecule has 1 aromatic carbocycles. The number of hydrogen-bond donors (Lipinski definition) is 2. The summed E-state index contributed by atoms with van der Waals surface area (Å²) in [5, 5.41) is 4.94. The van der Waals surface area contributed by atoms with E-state index in [0.717, 1.165) is 5.56 Å². The summed E-state index contributed by atoms with van der Waals surface area (Å²) in [6, 6.07) is 5.76. The summed E-state index contributed by atoms with van der Waals surface area (Å²) < 4.78 is 15.4. The molecule has 0 saturated carbocycles. The molecule has 0 aromatic heterocycles. The van der Waals surface area contributed by atoms with Gasteiger partial charge in [0.1, 0.15) is 6.17 Å². The molecule has 0 aliphatic carbocycles. The van der Waals surface area contributed by atoms with Crippen LogP contribution in [-0.4, -0.2) is 50.4 Å². The molecule has 0 bridgehead atoms. The van der Waals surface area contributed by atoms with Crippen LogP contribution in [0.4, 0.5) is 0 Å². The van der Waals surface area contributed by atoms with E-state index in [4.69, 9.17) is 14.2 Å². The van der Waals surface area contributed by atoms with E-state index in [9.17, 15) is 9.59 Å². The van der Waals surface area contributed by atoms with Crippen LogP contribution in [0.1, 0.15) is 31.7 Å². The van der Waals surface area contributed by atoms with Crippen LogP contribution in [0, 0.1) is 0 Å². The summed E-state index contributed by atoms with van der Waals surface area (Å²) in [4.78, 5) is 24.6. The maximum Gasteiger partial charge on any atom is 0.310 e. The van der Waals surface area contributed by atoms with Crippen molar-refractivity contribution in [1.82, 2.24) is 15.8 Å². The number of fused-ring (bicyclic) bond motifs is 1. The Labute approximate surface area is 158 Å². The molecule has 0 spiro atoms. The highest BCUT2D eigenvalue weighted by Crippen LogP contribution is 2.38. The summed E-state index contributed by atoms with van der Waals surface area (Å²) in [6.07, 6.45) is -0.332. The lowest BCUT2D eigenvalue weighted by Gasteiger charge is -2.35. The zero-order chi connectivity index (χ0) is 19.7. The number of methoxy groups -OCH3 is 3. The van der Waals surface area contributed by atoms with Crippen molar-refractivity contribution in [3.05, 3.63) is 35.0 Å². The predicted octanol–water partition coefficient (Wildman–Crippen LogP) is 1.29. The largest absolute Gasteiger partial charge is 0.493 e. The molecule has 0 radical (unpaired) electrons. The first-order chi connectivity index (χ1) is 12.9. The third-order valence-electron chi connectivity index (χ3n) is 5.14. The summed E-state index contributed by atoms with van der Waals surface area (Å²) in [5.74, 6) is 0.628. The van der Waals surface area contributed by atoms with Crippen molar-refractivity contribution in [1.29, 1.82) is 0 Å². The number of carbonyl (C=O) groups excluding carboxylic acids is 2. The Bertz CT molecular complexity index is 792. The maximum atomic E-state index is 12.9. The molecular weight excluding hydrogens is 350 g/mol. The number of allylic oxidation sites excluding steroid dienone is 1. The minimum atomic E-state index is -0.443.